The second-order valence-electron chi connectivity index (χ2n) is 6.29. The Morgan fingerprint density at radius 1 is 1.10 bits per heavy atom. The van der Waals surface area contributed by atoms with Crippen molar-refractivity contribution in [2.75, 3.05) is 11.3 Å². The average Bonchev–Trinajstić information content (AvgIpc) is 3.45. The summed E-state index contributed by atoms with van der Waals surface area (Å²) in [5.74, 6) is -1.97. The van der Waals surface area contributed by atoms with Gasteiger partial charge in [0.1, 0.15) is 10.7 Å². The van der Waals surface area contributed by atoms with Gasteiger partial charge in [-0.25, -0.2) is 17.6 Å². The lowest BCUT2D eigenvalue weighted by molar-refractivity contribution is -0.124. The van der Waals surface area contributed by atoms with Crippen molar-refractivity contribution in [1.82, 2.24) is 5.32 Å². The number of nitrogens with one attached hydrogen (secondary N) is 2. The molecule has 154 valence electrons. The molecule has 1 aliphatic carbocycles. The Kier molecular flexibility index (Phi) is 6.30. The topological polar surface area (TPSA) is 102 Å². The van der Waals surface area contributed by atoms with E-state index < -0.39 is 39.2 Å². The van der Waals surface area contributed by atoms with Gasteiger partial charge in [0.25, 0.3) is 15.9 Å². The van der Waals surface area contributed by atoms with Gasteiger partial charge in [0.15, 0.2) is 6.61 Å². The number of hydrogen-bond acceptors (Lipinski definition) is 5. The number of ether oxygens (including phenoxy) is 1. The number of sulfonamides is 1. The normalized spacial score (nSPS) is 13.6. The molecule has 0 bridgehead atoms. The van der Waals surface area contributed by atoms with E-state index in [1.54, 1.807) is 0 Å². The molecule has 1 amide bonds. The molecule has 29 heavy (non-hydrogen) atoms. The minimum Gasteiger partial charge on any atom is -0.452 e. The Morgan fingerprint density at radius 3 is 2.38 bits per heavy atom. The molecule has 2 aromatic carbocycles. The molecule has 2 aromatic rings. The molecule has 1 saturated carbocycles. The van der Waals surface area contributed by atoms with E-state index in [4.69, 9.17) is 27.9 Å². The van der Waals surface area contributed by atoms with Crippen LogP contribution in [-0.4, -0.2) is 32.9 Å². The molecule has 1 aliphatic rings. The zero-order valence-corrected chi connectivity index (χ0v) is 17.1. The Bertz CT molecular complexity index is 1060. The minimum absolute atomic E-state index is 0.0956. The fourth-order valence-electron chi connectivity index (χ4n) is 2.33. The molecule has 0 aromatic heterocycles. The van der Waals surface area contributed by atoms with Crippen molar-refractivity contribution >= 4 is 50.8 Å². The van der Waals surface area contributed by atoms with Crippen LogP contribution in [0.5, 0.6) is 0 Å². The molecule has 1 fully saturated rings. The van der Waals surface area contributed by atoms with Crippen molar-refractivity contribution in [3.8, 4) is 0 Å². The molecule has 0 heterocycles. The maximum Gasteiger partial charge on any atom is 0.340 e. The van der Waals surface area contributed by atoms with Gasteiger partial charge in [-0.2, -0.15) is 0 Å². The third-order valence-corrected chi connectivity index (χ3v) is 6.06. The number of amides is 1. The van der Waals surface area contributed by atoms with E-state index in [9.17, 15) is 22.4 Å². The van der Waals surface area contributed by atoms with Crippen LogP contribution in [-0.2, 0) is 19.6 Å². The quantitative estimate of drug-likeness (QED) is 0.616. The molecular formula is C18H15Cl2FN2O5S. The summed E-state index contributed by atoms with van der Waals surface area (Å²) in [6, 6.07) is 6.76. The van der Waals surface area contributed by atoms with Crippen molar-refractivity contribution in [2.45, 2.75) is 23.8 Å². The van der Waals surface area contributed by atoms with Crippen molar-refractivity contribution in [3.05, 3.63) is 57.8 Å². The van der Waals surface area contributed by atoms with Crippen molar-refractivity contribution in [2.24, 2.45) is 0 Å². The fourth-order valence-corrected chi connectivity index (χ4v) is 4.24. The third-order valence-electron chi connectivity index (χ3n) is 3.90. The van der Waals surface area contributed by atoms with Crippen LogP contribution in [0, 0.1) is 5.82 Å². The summed E-state index contributed by atoms with van der Waals surface area (Å²) in [5.41, 5.74) is -0.173. The largest absolute Gasteiger partial charge is 0.452 e. The van der Waals surface area contributed by atoms with Gasteiger partial charge in [-0.1, -0.05) is 23.2 Å². The molecule has 0 aliphatic heterocycles. The zero-order chi connectivity index (χ0) is 21.2. The zero-order valence-electron chi connectivity index (χ0n) is 14.7. The lowest BCUT2D eigenvalue weighted by Crippen LogP contribution is -2.30. The lowest BCUT2D eigenvalue weighted by atomic mass is 10.2. The number of carbonyl (C=O) groups excluding carboxylic acids is 2. The number of carbonyl (C=O) groups is 2. The predicted molar refractivity (Wildman–Crippen MR) is 105 cm³/mol. The van der Waals surface area contributed by atoms with E-state index in [-0.39, 0.29) is 27.3 Å². The van der Waals surface area contributed by atoms with E-state index in [1.807, 2.05) is 0 Å². The van der Waals surface area contributed by atoms with Gasteiger partial charge >= 0.3 is 5.97 Å². The van der Waals surface area contributed by atoms with Gasteiger partial charge in [0, 0.05) is 11.7 Å². The second-order valence-corrected chi connectivity index (χ2v) is 8.76. The van der Waals surface area contributed by atoms with E-state index in [1.165, 1.54) is 12.1 Å². The molecule has 2 N–H and O–H groups in total. The summed E-state index contributed by atoms with van der Waals surface area (Å²) < 4.78 is 45.4. The van der Waals surface area contributed by atoms with Gasteiger partial charge in [-0.15, -0.1) is 0 Å². The fraction of sp³-hybridized carbons (Fsp3) is 0.222. The van der Waals surface area contributed by atoms with Crippen LogP contribution in [0.2, 0.25) is 10.0 Å². The standard InChI is InChI=1S/C18H15Cl2FN2O5S/c19-14-8-15(20)16(29(26,27)23-12-3-1-10(21)2-4-12)7-13(14)18(25)28-9-17(24)22-11-5-6-11/h1-4,7-8,11,23H,5-6,9H2,(H,22,24). The SMILES string of the molecule is O=C(COC(=O)c1cc(S(=O)(=O)Nc2ccc(F)cc2)c(Cl)cc1Cl)NC1CC1. The van der Waals surface area contributed by atoms with Crippen LogP contribution < -0.4 is 10.0 Å². The summed E-state index contributed by atoms with van der Waals surface area (Å²) in [5, 5.41) is 2.28. The maximum absolute atomic E-state index is 13.0. The number of hydrogen-bond donors (Lipinski definition) is 2. The van der Waals surface area contributed by atoms with Gasteiger partial charge in [0.05, 0.1) is 15.6 Å². The smallest absolute Gasteiger partial charge is 0.340 e. The number of esters is 1. The van der Waals surface area contributed by atoms with Crippen LogP contribution in [0.1, 0.15) is 23.2 Å². The van der Waals surface area contributed by atoms with Gasteiger partial charge in [0.2, 0.25) is 0 Å². The van der Waals surface area contributed by atoms with Crippen LogP contribution in [0.25, 0.3) is 0 Å². The van der Waals surface area contributed by atoms with Crippen molar-refractivity contribution in [1.29, 1.82) is 0 Å². The average molecular weight is 461 g/mol. The van der Waals surface area contributed by atoms with E-state index in [0.717, 1.165) is 37.1 Å². The molecule has 0 spiro atoms. The van der Waals surface area contributed by atoms with Gasteiger partial charge < -0.3 is 10.1 Å². The second kappa shape index (κ2) is 8.56. The highest BCUT2D eigenvalue weighted by atomic mass is 35.5. The first-order valence-electron chi connectivity index (χ1n) is 8.39. The Balaban J connectivity index is 1.79. The van der Waals surface area contributed by atoms with Gasteiger partial charge in [-0.3, -0.25) is 9.52 Å². The van der Waals surface area contributed by atoms with E-state index >= 15 is 0 Å². The first-order chi connectivity index (χ1) is 13.7. The molecular weight excluding hydrogens is 446 g/mol. The summed E-state index contributed by atoms with van der Waals surface area (Å²) in [6.45, 7) is -0.524. The lowest BCUT2D eigenvalue weighted by Gasteiger charge is -2.12. The highest BCUT2D eigenvalue weighted by Gasteiger charge is 2.26. The first-order valence-corrected chi connectivity index (χ1v) is 10.6. The van der Waals surface area contributed by atoms with E-state index in [0.29, 0.717) is 0 Å². The number of anilines is 1. The van der Waals surface area contributed by atoms with Crippen LogP contribution in [0.3, 0.4) is 0 Å². The molecule has 0 atom stereocenters. The predicted octanol–water partition coefficient (Wildman–Crippen LogP) is 3.37. The summed E-state index contributed by atoms with van der Waals surface area (Å²) in [4.78, 5) is 23.5. The Labute approximate surface area is 176 Å². The molecule has 3 rings (SSSR count). The monoisotopic (exact) mass is 460 g/mol. The van der Waals surface area contributed by atoms with Crippen molar-refractivity contribution in [3.63, 3.8) is 0 Å². The molecule has 0 radical (unpaired) electrons. The molecule has 0 unspecified atom stereocenters. The Hall–Kier alpha value is -2.36. The summed E-state index contributed by atoms with van der Waals surface area (Å²) in [7, 11) is -4.22. The van der Waals surface area contributed by atoms with Crippen LogP contribution in [0.15, 0.2) is 41.3 Å². The van der Waals surface area contributed by atoms with Crippen LogP contribution >= 0.6 is 23.2 Å². The van der Waals surface area contributed by atoms with Crippen LogP contribution in [0.4, 0.5) is 10.1 Å². The first kappa shape index (κ1) is 21.4. The number of halogens is 3. The molecule has 11 heteroatoms. The number of benzene rings is 2. The highest BCUT2D eigenvalue weighted by molar-refractivity contribution is 7.92. The highest BCUT2D eigenvalue weighted by Crippen LogP contribution is 2.30. The Morgan fingerprint density at radius 2 is 1.76 bits per heavy atom. The molecule has 7 nitrogen and oxygen atoms in total. The summed E-state index contributed by atoms with van der Waals surface area (Å²) in [6.07, 6.45) is 1.76. The minimum atomic E-state index is -4.22. The van der Waals surface area contributed by atoms with E-state index in [2.05, 4.69) is 10.0 Å². The summed E-state index contributed by atoms with van der Waals surface area (Å²) >= 11 is 12.0. The molecule has 0 saturated heterocycles. The van der Waals surface area contributed by atoms with Crippen molar-refractivity contribution < 1.29 is 27.1 Å². The van der Waals surface area contributed by atoms with Gasteiger partial charge in [-0.05, 0) is 49.2 Å². The third kappa shape index (κ3) is 5.59. The maximum atomic E-state index is 13.0. The number of rotatable bonds is 7.